The quantitative estimate of drug-likeness (QED) is 0.143. The van der Waals surface area contributed by atoms with E-state index >= 15 is 0 Å². The molecular weight excluding hydrogens is 591 g/mol. The van der Waals surface area contributed by atoms with Crippen LogP contribution in [0.5, 0.6) is 0 Å². The van der Waals surface area contributed by atoms with Gasteiger partial charge in [0.25, 0.3) is 0 Å². The van der Waals surface area contributed by atoms with Gasteiger partial charge in [0.15, 0.2) is 0 Å². The predicted octanol–water partition coefficient (Wildman–Crippen LogP) is 13.1. The molecule has 0 aromatic heterocycles. The van der Waals surface area contributed by atoms with Gasteiger partial charge in [-0.1, -0.05) is 188 Å². The summed E-state index contributed by atoms with van der Waals surface area (Å²) in [5.41, 5.74) is 12.2. The van der Waals surface area contributed by atoms with Crippen LogP contribution in [0.1, 0.15) is 38.9 Å². The molecule has 0 spiro atoms. The lowest BCUT2D eigenvalue weighted by Gasteiger charge is -2.25. The van der Waals surface area contributed by atoms with Crippen molar-refractivity contribution in [1.29, 1.82) is 0 Å². The SMILES string of the molecule is Cc1ccc(/C=C/c2ccc(/C=C/c3ccc(N(c4ccccc4)c4ccccc4)cc3)cc2)cc1.c1ccc(Cc2ccccc2)cc1. The maximum absolute atomic E-state index is 2.27. The van der Waals surface area contributed by atoms with Gasteiger partial charge in [-0.3, -0.25) is 0 Å². The number of para-hydroxylation sites is 2. The van der Waals surface area contributed by atoms with Gasteiger partial charge in [-0.25, -0.2) is 0 Å². The first-order valence-electron chi connectivity index (χ1n) is 16.8. The molecule has 0 bridgehead atoms. The monoisotopic (exact) mass is 631 g/mol. The van der Waals surface area contributed by atoms with E-state index in [1.54, 1.807) is 0 Å². The first kappa shape index (κ1) is 32.7. The molecule has 7 rings (SSSR count). The zero-order valence-electron chi connectivity index (χ0n) is 27.9. The second-order valence-electron chi connectivity index (χ2n) is 12.0. The lowest BCUT2D eigenvalue weighted by Crippen LogP contribution is -2.09. The fourth-order valence-electron chi connectivity index (χ4n) is 5.54. The normalized spacial score (nSPS) is 10.9. The van der Waals surface area contributed by atoms with E-state index < -0.39 is 0 Å². The van der Waals surface area contributed by atoms with Crippen molar-refractivity contribution in [3.05, 3.63) is 233 Å². The fraction of sp³-hybridized carbons (Fsp3) is 0.0417. The molecule has 0 saturated heterocycles. The Labute approximate surface area is 291 Å². The van der Waals surface area contributed by atoms with E-state index in [1.165, 1.54) is 38.9 Å². The highest BCUT2D eigenvalue weighted by Gasteiger charge is 2.11. The van der Waals surface area contributed by atoms with E-state index in [4.69, 9.17) is 0 Å². The largest absolute Gasteiger partial charge is 0.311 e. The molecule has 0 fully saturated rings. The minimum atomic E-state index is 1.03. The summed E-state index contributed by atoms with van der Waals surface area (Å²) in [4.78, 5) is 2.27. The molecule has 1 heteroatoms. The third kappa shape index (κ3) is 9.91. The number of aryl methyl sites for hydroxylation is 1. The van der Waals surface area contributed by atoms with Crippen molar-refractivity contribution in [2.24, 2.45) is 0 Å². The van der Waals surface area contributed by atoms with Crippen molar-refractivity contribution in [3.63, 3.8) is 0 Å². The van der Waals surface area contributed by atoms with Gasteiger partial charge >= 0.3 is 0 Å². The van der Waals surface area contributed by atoms with Crippen molar-refractivity contribution >= 4 is 41.4 Å². The average molecular weight is 632 g/mol. The number of hydrogen-bond acceptors (Lipinski definition) is 1. The second-order valence-corrected chi connectivity index (χ2v) is 12.0. The number of hydrogen-bond donors (Lipinski definition) is 0. The summed E-state index contributed by atoms with van der Waals surface area (Å²) in [6.07, 6.45) is 9.66. The smallest absolute Gasteiger partial charge is 0.0462 e. The van der Waals surface area contributed by atoms with Crippen LogP contribution in [0.3, 0.4) is 0 Å². The maximum Gasteiger partial charge on any atom is 0.0462 e. The second kappa shape index (κ2) is 17.1. The van der Waals surface area contributed by atoms with Crippen molar-refractivity contribution < 1.29 is 0 Å². The minimum Gasteiger partial charge on any atom is -0.311 e. The summed E-state index contributed by atoms with van der Waals surface area (Å²) in [6.45, 7) is 2.11. The molecular formula is C48H41N. The van der Waals surface area contributed by atoms with Crippen molar-refractivity contribution in [2.45, 2.75) is 13.3 Å². The summed E-state index contributed by atoms with van der Waals surface area (Å²) >= 11 is 0. The average Bonchev–Trinajstić information content (AvgIpc) is 3.17. The Kier molecular flexibility index (Phi) is 11.4. The Morgan fingerprint density at radius 2 is 0.612 bits per heavy atom. The van der Waals surface area contributed by atoms with Crippen LogP contribution in [0.15, 0.2) is 194 Å². The van der Waals surface area contributed by atoms with Gasteiger partial charge in [0.1, 0.15) is 0 Å². The van der Waals surface area contributed by atoms with Crippen LogP contribution in [0.2, 0.25) is 0 Å². The molecule has 0 unspecified atom stereocenters. The molecule has 0 aliphatic rings. The van der Waals surface area contributed by atoms with E-state index in [2.05, 4.69) is 218 Å². The van der Waals surface area contributed by atoms with E-state index in [-0.39, 0.29) is 0 Å². The zero-order valence-corrected chi connectivity index (χ0v) is 27.9. The molecule has 49 heavy (non-hydrogen) atoms. The molecule has 0 saturated carbocycles. The van der Waals surface area contributed by atoms with Gasteiger partial charge in [-0.15, -0.1) is 0 Å². The summed E-state index contributed by atoms with van der Waals surface area (Å²) in [5, 5.41) is 0. The van der Waals surface area contributed by atoms with Gasteiger partial charge < -0.3 is 4.90 Å². The third-order valence-electron chi connectivity index (χ3n) is 8.22. The molecule has 0 amide bonds. The molecule has 7 aromatic carbocycles. The number of benzene rings is 7. The van der Waals surface area contributed by atoms with E-state index in [0.29, 0.717) is 0 Å². The van der Waals surface area contributed by atoms with Crippen molar-refractivity contribution in [2.75, 3.05) is 4.90 Å². The minimum absolute atomic E-state index is 1.03. The lowest BCUT2D eigenvalue weighted by molar-refractivity contribution is 1.19. The molecule has 7 aromatic rings. The Balaban J connectivity index is 0.000000267. The van der Waals surface area contributed by atoms with Crippen molar-refractivity contribution in [3.8, 4) is 0 Å². The first-order valence-corrected chi connectivity index (χ1v) is 16.8. The topological polar surface area (TPSA) is 3.24 Å². The van der Waals surface area contributed by atoms with Gasteiger partial charge in [0, 0.05) is 17.1 Å². The van der Waals surface area contributed by atoms with Crippen LogP contribution in [-0.2, 0) is 6.42 Å². The van der Waals surface area contributed by atoms with Crippen LogP contribution in [0.25, 0.3) is 24.3 Å². The highest BCUT2D eigenvalue weighted by Crippen LogP contribution is 2.34. The Bertz CT molecular complexity index is 1950. The zero-order chi connectivity index (χ0) is 33.5. The Hall–Kier alpha value is -6.18. The predicted molar refractivity (Wildman–Crippen MR) is 212 cm³/mol. The standard InChI is InChI=1S/C35H29N.C13H12/c1-28-12-14-29(15-13-28)16-17-30-18-20-31(21-19-30)22-23-32-24-26-35(27-25-32)36(33-8-4-2-5-9-33)34-10-6-3-7-11-34;1-3-7-12(8-4-1)11-13-9-5-2-6-10-13/h2-27H,1H3;1-10H,11H2/b17-16+,23-22+;. The van der Waals surface area contributed by atoms with Gasteiger partial charge in [0.2, 0.25) is 0 Å². The Morgan fingerprint density at radius 3 is 0.980 bits per heavy atom. The number of nitrogens with zero attached hydrogens (tertiary/aromatic N) is 1. The molecule has 0 N–H and O–H groups in total. The fourth-order valence-corrected chi connectivity index (χ4v) is 5.54. The van der Waals surface area contributed by atoms with Gasteiger partial charge in [-0.05, 0) is 83.1 Å². The number of anilines is 3. The molecule has 1 nitrogen and oxygen atoms in total. The van der Waals surface area contributed by atoms with E-state index in [0.717, 1.165) is 23.5 Å². The van der Waals surface area contributed by atoms with Crippen LogP contribution in [0.4, 0.5) is 17.1 Å². The van der Waals surface area contributed by atoms with Crippen LogP contribution < -0.4 is 4.90 Å². The molecule has 238 valence electrons. The van der Waals surface area contributed by atoms with Gasteiger partial charge in [0.05, 0.1) is 0 Å². The summed E-state index contributed by atoms with van der Waals surface area (Å²) in [7, 11) is 0. The number of rotatable bonds is 9. The molecule has 0 radical (unpaired) electrons. The first-order chi connectivity index (χ1) is 24.2. The molecule has 0 atom stereocenters. The summed E-state index contributed by atoms with van der Waals surface area (Å²) in [5.74, 6) is 0. The highest BCUT2D eigenvalue weighted by atomic mass is 15.1. The molecule has 0 heterocycles. The van der Waals surface area contributed by atoms with E-state index in [1.807, 2.05) is 12.1 Å². The van der Waals surface area contributed by atoms with Crippen LogP contribution >= 0.6 is 0 Å². The van der Waals surface area contributed by atoms with Gasteiger partial charge in [-0.2, -0.15) is 0 Å². The van der Waals surface area contributed by atoms with Crippen molar-refractivity contribution in [1.82, 2.24) is 0 Å². The maximum atomic E-state index is 2.27. The summed E-state index contributed by atoms with van der Waals surface area (Å²) in [6, 6.07) is 67.9. The molecule has 0 aliphatic heterocycles. The van der Waals surface area contributed by atoms with Crippen LogP contribution in [0, 0.1) is 6.92 Å². The van der Waals surface area contributed by atoms with Crippen LogP contribution in [-0.4, -0.2) is 0 Å². The summed E-state index contributed by atoms with van der Waals surface area (Å²) < 4.78 is 0. The Morgan fingerprint density at radius 1 is 0.327 bits per heavy atom. The van der Waals surface area contributed by atoms with E-state index in [9.17, 15) is 0 Å². The third-order valence-corrected chi connectivity index (χ3v) is 8.22. The lowest BCUT2D eigenvalue weighted by atomic mass is 10.1. The highest BCUT2D eigenvalue weighted by molar-refractivity contribution is 5.78. The molecule has 0 aliphatic carbocycles.